The zero-order valence-corrected chi connectivity index (χ0v) is 20.4. The lowest BCUT2D eigenvalue weighted by atomic mass is 10.1. The third kappa shape index (κ3) is 6.70. The fraction of sp³-hybridized carbons (Fsp3) is 0.333. The lowest BCUT2D eigenvalue weighted by molar-refractivity contribution is -0.166. The fourth-order valence-corrected chi connectivity index (χ4v) is 4.49. The second kappa shape index (κ2) is 9.69. The molecule has 0 spiro atoms. The van der Waals surface area contributed by atoms with Crippen molar-refractivity contribution in [2.45, 2.75) is 37.7 Å². The largest absolute Gasteiger partial charge is 0.459 e. The molecule has 2 aromatic rings. The summed E-state index contributed by atoms with van der Waals surface area (Å²) in [6.07, 6.45) is -1.56. The Balaban J connectivity index is 2.31. The Bertz CT molecular complexity index is 1050. The molecule has 168 valence electrons. The number of benzene rings is 2. The van der Waals surface area contributed by atoms with Gasteiger partial charge in [0.25, 0.3) is 0 Å². The van der Waals surface area contributed by atoms with Crippen LogP contribution in [0.2, 0.25) is 0 Å². The number of amides is 1. The molecule has 2 aromatic carbocycles. The quantitative estimate of drug-likeness (QED) is 0.555. The molecular weight excluding hydrogens is 488 g/mol. The monoisotopic (exact) mass is 512 g/mol. The van der Waals surface area contributed by atoms with Crippen LogP contribution in [0.5, 0.6) is 0 Å². The molecular formula is C21H25BrN2O6S. The van der Waals surface area contributed by atoms with Gasteiger partial charge in [-0.2, -0.15) is 8.42 Å². The van der Waals surface area contributed by atoms with Gasteiger partial charge in [-0.3, -0.25) is 0 Å². The van der Waals surface area contributed by atoms with Crippen LogP contribution in [0.3, 0.4) is 0 Å². The van der Waals surface area contributed by atoms with Gasteiger partial charge >= 0.3 is 22.1 Å². The van der Waals surface area contributed by atoms with Crippen LogP contribution in [0.25, 0.3) is 0 Å². The van der Waals surface area contributed by atoms with Gasteiger partial charge in [0, 0.05) is 24.3 Å². The number of anilines is 1. The van der Waals surface area contributed by atoms with Gasteiger partial charge in [0.1, 0.15) is 10.5 Å². The summed E-state index contributed by atoms with van der Waals surface area (Å²) in [6, 6.07) is 12.9. The van der Waals surface area contributed by atoms with Crippen LogP contribution in [0.15, 0.2) is 57.9 Å². The van der Waals surface area contributed by atoms with Gasteiger partial charge in [-0.25, -0.2) is 9.59 Å². The Morgan fingerprint density at radius 2 is 1.58 bits per heavy atom. The molecule has 0 aliphatic rings. The number of halogens is 1. The summed E-state index contributed by atoms with van der Waals surface area (Å²) < 4.78 is 31.6. The van der Waals surface area contributed by atoms with E-state index in [2.05, 4.69) is 15.9 Å². The minimum absolute atomic E-state index is 0.00509. The molecule has 0 bridgehead atoms. The van der Waals surface area contributed by atoms with Crippen molar-refractivity contribution in [2.75, 3.05) is 19.0 Å². The van der Waals surface area contributed by atoms with Crippen LogP contribution in [0.4, 0.5) is 10.5 Å². The van der Waals surface area contributed by atoms with E-state index in [9.17, 15) is 18.0 Å². The number of hydrogen-bond donors (Lipinski definition) is 0. The maximum atomic E-state index is 13.1. The zero-order valence-electron chi connectivity index (χ0n) is 18.0. The van der Waals surface area contributed by atoms with E-state index in [1.54, 1.807) is 39.0 Å². The molecule has 0 fully saturated rings. The van der Waals surface area contributed by atoms with Crippen LogP contribution in [-0.4, -0.2) is 44.6 Å². The number of carbonyl (C=O) groups is 2. The zero-order chi connectivity index (χ0) is 23.4. The minimum atomic E-state index is -4.55. The van der Waals surface area contributed by atoms with Gasteiger partial charge in [-0.05, 0) is 71.0 Å². The first-order valence-corrected chi connectivity index (χ1v) is 11.5. The van der Waals surface area contributed by atoms with Crippen molar-refractivity contribution in [1.82, 2.24) is 4.47 Å². The summed E-state index contributed by atoms with van der Waals surface area (Å²) in [5, 5.41) is 0. The average Bonchev–Trinajstić information content (AvgIpc) is 2.65. The van der Waals surface area contributed by atoms with Crippen molar-refractivity contribution in [2.24, 2.45) is 0 Å². The van der Waals surface area contributed by atoms with E-state index in [1.807, 2.05) is 31.1 Å². The van der Waals surface area contributed by atoms with Crippen LogP contribution >= 0.6 is 15.9 Å². The summed E-state index contributed by atoms with van der Waals surface area (Å²) in [6.45, 7) is 4.72. The molecule has 0 saturated carbocycles. The Labute approximate surface area is 190 Å². The lowest BCUT2D eigenvalue weighted by Gasteiger charge is -2.25. The van der Waals surface area contributed by atoms with E-state index in [4.69, 9.17) is 9.57 Å². The second-order valence-electron chi connectivity index (χ2n) is 7.84. The first-order valence-electron chi connectivity index (χ1n) is 9.31. The first-order chi connectivity index (χ1) is 14.3. The number of hydroxylamine groups is 1. The van der Waals surface area contributed by atoms with E-state index < -0.39 is 27.7 Å². The molecule has 10 heteroatoms. The molecule has 0 aromatic heterocycles. The molecule has 1 amide bonds. The summed E-state index contributed by atoms with van der Waals surface area (Å²) in [4.78, 5) is 31.8. The highest BCUT2D eigenvalue weighted by atomic mass is 79.9. The Kier molecular flexibility index (Phi) is 7.72. The van der Waals surface area contributed by atoms with Gasteiger partial charge in [0.2, 0.25) is 0 Å². The number of ether oxygens (including phenoxy) is 1. The van der Waals surface area contributed by atoms with Crippen molar-refractivity contribution in [3.63, 3.8) is 0 Å². The molecule has 0 atom stereocenters. The fourth-order valence-electron chi connectivity index (χ4n) is 2.43. The summed E-state index contributed by atoms with van der Waals surface area (Å²) in [5.41, 5.74) is 0.523. The number of hydrogen-bond acceptors (Lipinski definition) is 7. The van der Waals surface area contributed by atoms with Crippen molar-refractivity contribution < 1.29 is 27.6 Å². The molecule has 31 heavy (non-hydrogen) atoms. The normalized spacial score (nSPS) is 11.5. The maximum Gasteiger partial charge on any atom is 0.459 e. The molecule has 0 saturated heterocycles. The molecule has 0 unspecified atom stereocenters. The van der Waals surface area contributed by atoms with E-state index >= 15 is 0 Å². The van der Waals surface area contributed by atoms with E-state index in [0.29, 0.717) is 5.56 Å². The van der Waals surface area contributed by atoms with Crippen molar-refractivity contribution in [3.8, 4) is 0 Å². The predicted octanol–water partition coefficient (Wildman–Crippen LogP) is 4.14. The van der Waals surface area contributed by atoms with Crippen LogP contribution in [0.1, 0.15) is 26.3 Å². The summed E-state index contributed by atoms with van der Waals surface area (Å²) in [7, 11) is -0.779. The standard InChI is InChI=1S/C21H25BrN2O6S/c1-21(2,3)29-20(26)24(31(27,28)18-9-7-6-8-17(18)22)30-19(25)14-15-10-12-16(13-11-15)23(4)5/h6-13H,14H2,1-5H3. The molecule has 0 aliphatic heterocycles. The van der Waals surface area contributed by atoms with Gasteiger partial charge in [0.15, 0.2) is 0 Å². The van der Waals surface area contributed by atoms with Gasteiger partial charge < -0.3 is 14.5 Å². The molecule has 0 radical (unpaired) electrons. The predicted molar refractivity (Wildman–Crippen MR) is 120 cm³/mol. The maximum absolute atomic E-state index is 13.1. The summed E-state index contributed by atoms with van der Waals surface area (Å²) in [5.74, 6) is -0.931. The number of rotatable bonds is 5. The third-order valence-corrected chi connectivity index (χ3v) is 6.39. The van der Waals surface area contributed by atoms with Crippen molar-refractivity contribution in [3.05, 3.63) is 58.6 Å². The highest BCUT2D eigenvalue weighted by molar-refractivity contribution is 9.10. The van der Waals surface area contributed by atoms with Crippen LogP contribution in [0, 0.1) is 0 Å². The topological polar surface area (TPSA) is 93.2 Å². The Morgan fingerprint density at radius 1 is 1.00 bits per heavy atom. The highest BCUT2D eigenvalue weighted by Gasteiger charge is 2.38. The van der Waals surface area contributed by atoms with Gasteiger partial charge in [-0.1, -0.05) is 24.3 Å². The summed E-state index contributed by atoms with van der Waals surface area (Å²) >= 11 is 3.15. The number of sulfonamides is 1. The average molecular weight is 513 g/mol. The van der Waals surface area contributed by atoms with E-state index in [1.165, 1.54) is 18.2 Å². The SMILES string of the molecule is CN(C)c1ccc(CC(=O)ON(C(=O)OC(C)(C)C)S(=O)(=O)c2ccccc2Br)cc1. The molecule has 8 nitrogen and oxygen atoms in total. The van der Waals surface area contributed by atoms with Crippen LogP contribution < -0.4 is 4.90 Å². The van der Waals surface area contributed by atoms with E-state index in [-0.39, 0.29) is 20.3 Å². The number of carbonyl (C=O) groups excluding carboxylic acids is 2. The second-order valence-corrected chi connectivity index (χ2v) is 10.4. The Hall–Kier alpha value is -2.59. The number of nitrogens with zero attached hydrogens (tertiary/aromatic N) is 2. The van der Waals surface area contributed by atoms with E-state index in [0.717, 1.165) is 5.69 Å². The minimum Gasteiger partial charge on any atom is -0.441 e. The smallest absolute Gasteiger partial charge is 0.441 e. The molecule has 2 rings (SSSR count). The first kappa shape index (κ1) is 24.7. The molecule has 0 N–H and O–H groups in total. The van der Waals surface area contributed by atoms with Crippen LogP contribution in [-0.2, 0) is 30.8 Å². The third-order valence-electron chi connectivity index (χ3n) is 3.86. The highest BCUT2D eigenvalue weighted by Crippen LogP contribution is 2.26. The van der Waals surface area contributed by atoms with Crippen molar-refractivity contribution >= 4 is 43.7 Å². The molecule has 0 heterocycles. The van der Waals surface area contributed by atoms with Gasteiger partial charge in [-0.15, -0.1) is 0 Å². The molecule has 0 aliphatic carbocycles. The van der Waals surface area contributed by atoms with Gasteiger partial charge in [0.05, 0.1) is 6.42 Å². The lowest BCUT2D eigenvalue weighted by Crippen LogP contribution is -2.42. The Morgan fingerprint density at radius 3 is 2.10 bits per heavy atom. The van der Waals surface area contributed by atoms with Crippen molar-refractivity contribution in [1.29, 1.82) is 0 Å².